The van der Waals surface area contributed by atoms with Crippen LogP contribution in [0.25, 0.3) is 0 Å². The molecule has 0 spiro atoms. The molecular weight excluding hydrogens is 348 g/mol. The van der Waals surface area contributed by atoms with Gasteiger partial charge in [-0.1, -0.05) is 0 Å². The van der Waals surface area contributed by atoms with Crippen LogP contribution in [0.3, 0.4) is 0 Å². The molecule has 0 atom stereocenters. The molecule has 0 aliphatic carbocycles. The lowest BCUT2D eigenvalue weighted by atomic mass is 10.3. The largest absolute Gasteiger partial charge is 0.508 e. The molecule has 25 heavy (non-hydrogen) atoms. The standard InChI is InChI=1S/C16H16N2O6S/c1-11(19)17(13-3-7-15(21)8-4-13)25(23,24)18(12(2)20)14-5-9-16(22)10-6-14/h3-10,21-22H,1-2H3. The van der Waals surface area contributed by atoms with Crippen molar-refractivity contribution in [2.24, 2.45) is 0 Å². The number of carbonyl (C=O) groups excluding carboxylic acids is 2. The fourth-order valence-electron chi connectivity index (χ4n) is 2.21. The van der Waals surface area contributed by atoms with Crippen molar-refractivity contribution in [3.8, 4) is 11.5 Å². The average Bonchev–Trinajstić information content (AvgIpc) is 2.50. The van der Waals surface area contributed by atoms with E-state index in [4.69, 9.17) is 0 Å². The van der Waals surface area contributed by atoms with Crippen molar-refractivity contribution < 1.29 is 28.2 Å². The van der Waals surface area contributed by atoms with Crippen LogP contribution in [0.15, 0.2) is 48.5 Å². The van der Waals surface area contributed by atoms with Crippen LogP contribution in [0.2, 0.25) is 0 Å². The molecular formula is C16H16N2O6S. The number of aromatic hydroxyl groups is 2. The Bertz CT molecular complexity index is 822. The third-order valence-electron chi connectivity index (χ3n) is 3.20. The fourth-order valence-corrected chi connectivity index (χ4v) is 3.80. The molecule has 132 valence electrons. The van der Waals surface area contributed by atoms with Gasteiger partial charge < -0.3 is 10.2 Å². The van der Waals surface area contributed by atoms with Gasteiger partial charge >= 0.3 is 10.2 Å². The van der Waals surface area contributed by atoms with Crippen molar-refractivity contribution in [3.63, 3.8) is 0 Å². The van der Waals surface area contributed by atoms with Crippen LogP contribution < -0.4 is 8.61 Å². The Labute approximate surface area is 144 Å². The summed E-state index contributed by atoms with van der Waals surface area (Å²) in [5.41, 5.74) is -0.0642. The van der Waals surface area contributed by atoms with Crippen LogP contribution in [-0.4, -0.2) is 30.4 Å². The van der Waals surface area contributed by atoms with E-state index in [1.165, 1.54) is 48.5 Å². The van der Waals surface area contributed by atoms with Crippen molar-refractivity contribution in [1.82, 2.24) is 0 Å². The van der Waals surface area contributed by atoms with Crippen LogP contribution in [0, 0.1) is 0 Å². The predicted octanol–water partition coefficient (Wildman–Crippen LogP) is 1.75. The number of anilines is 2. The lowest BCUT2D eigenvalue weighted by Gasteiger charge is -2.28. The molecule has 8 nitrogen and oxygen atoms in total. The number of benzene rings is 2. The average molecular weight is 364 g/mol. The van der Waals surface area contributed by atoms with Crippen LogP contribution in [0.5, 0.6) is 11.5 Å². The number of rotatable bonds is 4. The molecule has 0 aromatic heterocycles. The zero-order chi connectivity index (χ0) is 18.8. The van der Waals surface area contributed by atoms with Crippen molar-refractivity contribution in [2.75, 3.05) is 8.61 Å². The summed E-state index contributed by atoms with van der Waals surface area (Å²) in [5.74, 6) is -1.88. The number of phenols is 2. The molecule has 0 fully saturated rings. The maximum Gasteiger partial charge on any atom is 0.339 e. The van der Waals surface area contributed by atoms with E-state index in [1.54, 1.807) is 0 Å². The molecule has 0 radical (unpaired) electrons. The predicted molar refractivity (Wildman–Crippen MR) is 91.5 cm³/mol. The lowest BCUT2D eigenvalue weighted by molar-refractivity contribution is -0.115. The first-order valence-corrected chi connectivity index (χ1v) is 8.49. The molecule has 0 saturated heterocycles. The minimum Gasteiger partial charge on any atom is -0.508 e. The topological polar surface area (TPSA) is 115 Å². The molecule has 0 aliphatic heterocycles. The van der Waals surface area contributed by atoms with E-state index >= 15 is 0 Å². The summed E-state index contributed by atoms with van der Waals surface area (Å²) in [5, 5.41) is 18.7. The van der Waals surface area contributed by atoms with E-state index in [1.807, 2.05) is 0 Å². The summed E-state index contributed by atoms with van der Waals surface area (Å²) >= 11 is 0. The third kappa shape index (κ3) is 3.72. The van der Waals surface area contributed by atoms with Crippen LogP contribution in [0.1, 0.15) is 13.8 Å². The van der Waals surface area contributed by atoms with E-state index in [0.29, 0.717) is 8.61 Å². The summed E-state index contributed by atoms with van der Waals surface area (Å²) in [4.78, 5) is 24.0. The van der Waals surface area contributed by atoms with Gasteiger partial charge in [-0.25, -0.2) is 0 Å². The molecule has 2 rings (SSSR count). The highest BCUT2D eigenvalue weighted by atomic mass is 32.2. The van der Waals surface area contributed by atoms with Gasteiger partial charge in [0.05, 0.1) is 11.4 Å². The molecule has 2 aromatic carbocycles. The summed E-state index contributed by atoms with van der Waals surface area (Å²) in [7, 11) is -4.59. The van der Waals surface area contributed by atoms with E-state index in [9.17, 15) is 28.2 Å². The number of phenolic OH excluding ortho intramolecular Hbond substituents is 2. The minimum absolute atomic E-state index is 0.0321. The van der Waals surface area contributed by atoms with Gasteiger partial charge in [0, 0.05) is 13.8 Å². The molecule has 0 saturated carbocycles. The minimum atomic E-state index is -4.59. The Morgan fingerprint density at radius 2 is 1.00 bits per heavy atom. The van der Waals surface area contributed by atoms with Crippen molar-refractivity contribution in [2.45, 2.75) is 13.8 Å². The first-order chi connectivity index (χ1) is 11.6. The van der Waals surface area contributed by atoms with E-state index < -0.39 is 22.0 Å². The summed E-state index contributed by atoms with van der Waals surface area (Å²) < 4.78 is 26.9. The Hall–Kier alpha value is -3.07. The first kappa shape index (κ1) is 18.3. The smallest absolute Gasteiger partial charge is 0.339 e. The van der Waals surface area contributed by atoms with Crippen molar-refractivity contribution >= 4 is 33.4 Å². The van der Waals surface area contributed by atoms with Crippen molar-refractivity contribution in [3.05, 3.63) is 48.5 Å². The van der Waals surface area contributed by atoms with Gasteiger partial charge in [0.1, 0.15) is 11.5 Å². The zero-order valence-corrected chi connectivity index (χ0v) is 14.3. The highest BCUT2D eigenvalue weighted by Crippen LogP contribution is 2.28. The van der Waals surface area contributed by atoms with E-state index in [2.05, 4.69) is 0 Å². The van der Waals surface area contributed by atoms with E-state index in [-0.39, 0.29) is 22.9 Å². The lowest BCUT2D eigenvalue weighted by Crippen LogP contribution is -2.48. The van der Waals surface area contributed by atoms with Crippen LogP contribution in [0.4, 0.5) is 11.4 Å². The quantitative estimate of drug-likeness (QED) is 0.854. The number of hydrogen-bond acceptors (Lipinski definition) is 6. The van der Waals surface area contributed by atoms with E-state index in [0.717, 1.165) is 13.8 Å². The monoisotopic (exact) mass is 364 g/mol. The maximum absolute atomic E-state index is 13.0. The second kappa shape index (κ2) is 6.81. The summed E-state index contributed by atoms with van der Waals surface area (Å²) in [6.07, 6.45) is 0. The Kier molecular flexibility index (Phi) is 4.98. The van der Waals surface area contributed by atoms with Crippen LogP contribution in [-0.2, 0) is 19.8 Å². The molecule has 9 heteroatoms. The van der Waals surface area contributed by atoms with Gasteiger partial charge in [0.25, 0.3) is 0 Å². The third-order valence-corrected chi connectivity index (χ3v) is 5.06. The number of carbonyl (C=O) groups is 2. The maximum atomic E-state index is 13.0. The van der Waals surface area contributed by atoms with Gasteiger partial charge in [-0.15, -0.1) is 0 Å². The van der Waals surface area contributed by atoms with Gasteiger partial charge in [0.15, 0.2) is 0 Å². The molecule has 2 aromatic rings. The highest BCUT2D eigenvalue weighted by molar-refractivity contribution is 7.95. The first-order valence-electron chi connectivity index (χ1n) is 7.09. The number of amides is 2. The summed E-state index contributed by atoms with van der Waals surface area (Å²) in [6.45, 7) is 2.08. The number of hydrogen-bond donors (Lipinski definition) is 2. The zero-order valence-electron chi connectivity index (χ0n) is 13.4. The summed E-state index contributed by atoms with van der Waals surface area (Å²) in [6, 6.07) is 9.84. The van der Waals surface area contributed by atoms with Gasteiger partial charge in [-0.2, -0.15) is 17.0 Å². The molecule has 0 heterocycles. The Morgan fingerprint density at radius 3 is 1.24 bits per heavy atom. The molecule has 2 amide bonds. The van der Waals surface area contributed by atoms with Gasteiger partial charge in [-0.05, 0) is 48.5 Å². The Morgan fingerprint density at radius 1 is 0.720 bits per heavy atom. The second-order valence-corrected chi connectivity index (χ2v) is 6.73. The fraction of sp³-hybridized carbons (Fsp3) is 0.125. The Balaban J connectivity index is 2.60. The molecule has 0 unspecified atom stereocenters. The van der Waals surface area contributed by atoms with Gasteiger partial charge in [-0.3, -0.25) is 9.59 Å². The number of nitrogens with zero attached hydrogens (tertiary/aromatic N) is 2. The second-order valence-electron chi connectivity index (χ2n) is 5.11. The van der Waals surface area contributed by atoms with Gasteiger partial charge in [0.2, 0.25) is 11.8 Å². The highest BCUT2D eigenvalue weighted by Gasteiger charge is 2.36. The van der Waals surface area contributed by atoms with Crippen molar-refractivity contribution in [1.29, 1.82) is 0 Å². The molecule has 0 aliphatic rings. The van der Waals surface area contributed by atoms with Crippen LogP contribution >= 0.6 is 0 Å². The normalized spacial score (nSPS) is 11.0. The molecule has 2 N–H and O–H groups in total. The SMILES string of the molecule is CC(=O)N(c1ccc(O)cc1)S(=O)(=O)N(C(C)=O)c1ccc(O)cc1. The molecule has 0 bridgehead atoms.